The SMILES string of the molecule is Cc1ccc(-n2c3[c-]c(Oc4ccc5cc(C(C)C)cc(O)c5n4)ccc3c3cccc(C(C)C)c32)nc1.[Pt]. The molecule has 0 spiro atoms. The van der Waals surface area contributed by atoms with Crippen molar-refractivity contribution in [2.24, 2.45) is 0 Å². The van der Waals surface area contributed by atoms with Gasteiger partial charge >= 0.3 is 0 Å². The molecule has 6 rings (SSSR count). The van der Waals surface area contributed by atoms with Crippen molar-refractivity contribution < 1.29 is 30.9 Å². The number of phenolic OH excluding ortho intramolecular Hbond substituents is 1. The van der Waals surface area contributed by atoms with Gasteiger partial charge in [-0.3, -0.25) is 0 Å². The summed E-state index contributed by atoms with van der Waals surface area (Å²) >= 11 is 0. The van der Waals surface area contributed by atoms with Gasteiger partial charge in [0.1, 0.15) is 17.1 Å². The molecule has 0 unspecified atom stereocenters. The molecule has 39 heavy (non-hydrogen) atoms. The molecule has 0 fully saturated rings. The minimum absolute atomic E-state index is 0. The van der Waals surface area contributed by atoms with Crippen LogP contribution in [0.4, 0.5) is 0 Å². The Hall–Kier alpha value is -3.69. The van der Waals surface area contributed by atoms with Crippen molar-refractivity contribution in [1.29, 1.82) is 0 Å². The van der Waals surface area contributed by atoms with Crippen LogP contribution < -0.4 is 4.74 Å². The molecule has 3 aromatic heterocycles. The van der Waals surface area contributed by atoms with Crippen molar-refractivity contribution in [3.05, 3.63) is 95.7 Å². The third kappa shape index (κ3) is 4.81. The molecule has 5 nitrogen and oxygen atoms in total. The molecule has 0 saturated carbocycles. The Morgan fingerprint density at radius 3 is 2.44 bits per heavy atom. The van der Waals surface area contributed by atoms with E-state index in [-0.39, 0.29) is 26.8 Å². The normalized spacial score (nSPS) is 11.6. The number of rotatable bonds is 5. The molecule has 0 aliphatic carbocycles. The molecule has 0 aliphatic heterocycles. The molecule has 6 aromatic rings. The second-order valence-electron chi connectivity index (χ2n) is 10.5. The number of aryl methyl sites for hydroxylation is 1. The van der Waals surface area contributed by atoms with Crippen molar-refractivity contribution >= 4 is 32.7 Å². The summed E-state index contributed by atoms with van der Waals surface area (Å²) in [5.41, 5.74) is 5.99. The monoisotopic (exact) mass is 695 g/mol. The van der Waals surface area contributed by atoms with Crippen LogP contribution in [0.3, 0.4) is 0 Å². The molecular formula is C33H30N3O2Pt-. The molecule has 3 aromatic carbocycles. The Labute approximate surface area is 242 Å². The summed E-state index contributed by atoms with van der Waals surface area (Å²) in [6.07, 6.45) is 1.89. The average Bonchev–Trinajstić information content (AvgIpc) is 3.23. The van der Waals surface area contributed by atoms with Crippen LogP contribution in [0.1, 0.15) is 56.2 Å². The van der Waals surface area contributed by atoms with E-state index in [0.29, 0.717) is 29.0 Å². The summed E-state index contributed by atoms with van der Waals surface area (Å²) in [6, 6.07) is 25.7. The average molecular weight is 696 g/mol. The molecule has 1 N–H and O–H groups in total. The maximum atomic E-state index is 10.6. The number of aromatic nitrogens is 3. The number of para-hydroxylation sites is 1. The van der Waals surface area contributed by atoms with Gasteiger partial charge in [-0.2, -0.15) is 6.07 Å². The van der Waals surface area contributed by atoms with Crippen molar-refractivity contribution in [2.75, 3.05) is 0 Å². The first-order valence-corrected chi connectivity index (χ1v) is 13.0. The van der Waals surface area contributed by atoms with E-state index in [1.165, 1.54) is 5.56 Å². The zero-order chi connectivity index (χ0) is 26.6. The third-order valence-electron chi connectivity index (χ3n) is 7.10. The standard InChI is InChI=1S/C33H30N3O2.Pt/c1-19(2)23-15-22-10-14-31(35-32(22)29(37)16-23)38-24-11-12-26-27-8-6-7-25(20(3)4)33(27)36(28(26)17-24)30-13-9-21(5)18-34-30;/h6-16,18-20,37H,1-5H3;/q-1;. The molecule has 0 bridgehead atoms. The Balaban J connectivity index is 0.00000308. The number of ether oxygens (including phenoxy) is 1. The van der Waals surface area contributed by atoms with Crippen LogP contribution in [-0.4, -0.2) is 19.6 Å². The maximum absolute atomic E-state index is 10.6. The van der Waals surface area contributed by atoms with Gasteiger partial charge in [-0.05, 0) is 65.1 Å². The molecule has 0 atom stereocenters. The van der Waals surface area contributed by atoms with Crippen molar-refractivity contribution in [3.8, 4) is 23.2 Å². The van der Waals surface area contributed by atoms with Gasteiger partial charge in [0, 0.05) is 50.0 Å². The number of phenols is 1. The van der Waals surface area contributed by atoms with Crippen LogP contribution >= 0.6 is 0 Å². The second-order valence-corrected chi connectivity index (χ2v) is 10.5. The fourth-order valence-electron chi connectivity index (χ4n) is 5.07. The zero-order valence-corrected chi connectivity index (χ0v) is 24.9. The molecule has 0 saturated heterocycles. The topological polar surface area (TPSA) is 60.2 Å². The van der Waals surface area contributed by atoms with Crippen LogP contribution in [0.15, 0.2) is 72.9 Å². The van der Waals surface area contributed by atoms with Crippen LogP contribution in [0.25, 0.3) is 38.5 Å². The quantitative estimate of drug-likeness (QED) is 0.184. The van der Waals surface area contributed by atoms with Crippen LogP contribution in [0.5, 0.6) is 17.4 Å². The van der Waals surface area contributed by atoms with Gasteiger partial charge < -0.3 is 14.4 Å². The minimum atomic E-state index is 0. The van der Waals surface area contributed by atoms with Crippen molar-refractivity contribution in [3.63, 3.8) is 0 Å². The first kappa shape index (κ1) is 26.9. The zero-order valence-electron chi connectivity index (χ0n) is 22.6. The van der Waals surface area contributed by atoms with E-state index in [9.17, 15) is 5.11 Å². The van der Waals surface area contributed by atoms with E-state index >= 15 is 0 Å². The van der Waals surface area contributed by atoms with Gasteiger partial charge in [-0.1, -0.05) is 57.5 Å². The van der Waals surface area contributed by atoms with E-state index in [0.717, 1.165) is 44.1 Å². The molecule has 3 heterocycles. The summed E-state index contributed by atoms with van der Waals surface area (Å²) in [5.74, 6) is 2.60. The Bertz CT molecular complexity index is 1820. The molecule has 0 aliphatic rings. The Kier molecular flexibility index (Phi) is 7.22. The molecule has 0 amide bonds. The van der Waals surface area contributed by atoms with Gasteiger partial charge in [0.05, 0.1) is 0 Å². The number of nitrogens with zero attached hydrogens (tertiary/aromatic N) is 3. The molecular weight excluding hydrogens is 665 g/mol. The van der Waals surface area contributed by atoms with Gasteiger partial charge in [0.2, 0.25) is 5.88 Å². The molecule has 200 valence electrons. The fourth-order valence-corrected chi connectivity index (χ4v) is 5.07. The Morgan fingerprint density at radius 1 is 0.897 bits per heavy atom. The second kappa shape index (κ2) is 10.5. The largest absolute Gasteiger partial charge is 0.506 e. The van der Waals surface area contributed by atoms with Crippen molar-refractivity contribution in [2.45, 2.75) is 46.5 Å². The maximum Gasteiger partial charge on any atom is 0.217 e. The van der Waals surface area contributed by atoms with Gasteiger partial charge in [0.15, 0.2) is 0 Å². The number of hydrogen-bond donors (Lipinski definition) is 1. The van der Waals surface area contributed by atoms with Crippen LogP contribution in [0.2, 0.25) is 0 Å². The number of pyridine rings is 2. The fraction of sp³-hybridized carbons (Fsp3) is 0.212. The van der Waals surface area contributed by atoms with E-state index in [1.807, 2.05) is 37.4 Å². The number of aromatic hydroxyl groups is 1. The van der Waals surface area contributed by atoms with Crippen LogP contribution in [0, 0.1) is 13.0 Å². The predicted molar refractivity (Wildman–Crippen MR) is 154 cm³/mol. The van der Waals surface area contributed by atoms with Crippen molar-refractivity contribution in [1.82, 2.24) is 14.5 Å². The summed E-state index contributed by atoms with van der Waals surface area (Å²) in [5, 5.41) is 13.8. The van der Waals surface area contributed by atoms with E-state index in [1.54, 1.807) is 6.07 Å². The smallest absolute Gasteiger partial charge is 0.217 e. The first-order chi connectivity index (χ1) is 18.3. The van der Waals surface area contributed by atoms with Gasteiger partial charge in [-0.15, -0.1) is 17.5 Å². The molecule has 6 heteroatoms. The number of benzene rings is 3. The van der Waals surface area contributed by atoms with E-state index in [2.05, 4.69) is 79.7 Å². The van der Waals surface area contributed by atoms with E-state index < -0.39 is 0 Å². The molecule has 0 radical (unpaired) electrons. The number of fused-ring (bicyclic) bond motifs is 4. The van der Waals surface area contributed by atoms with Gasteiger partial charge in [0.25, 0.3) is 0 Å². The number of hydrogen-bond acceptors (Lipinski definition) is 4. The van der Waals surface area contributed by atoms with Gasteiger partial charge in [-0.25, -0.2) is 9.97 Å². The third-order valence-corrected chi connectivity index (χ3v) is 7.10. The van der Waals surface area contributed by atoms with E-state index in [4.69, 9.17) is 9.72 Å². The summed E-state index contributed by atoms with van der Waals surface area (Å²) in [7, 11) is 0. The Morgan fingerprint density at radius 2 is 1.72 bits per heavy atom. The van der Waals surface area contributed by atoms with Crippen LogP contribution in [-0.2, 0) is 21.1 Å². The predicted octanol–water partition coefficient (Wildman–Crippen LogP) is 8.58. The summed E-state index contributed by atoms with van der Waals surface area (Å²) in [6.45, 7) is 10.7. The minimum Gasteiger partial charge on any atom is -0.506 e. The first-order valence-electron chi connectivity index (χ1n) is 13.0. The summed E-state index contributed by atoms with van der Waals surface area (Å²) in [4.78, 5) is 9.37. The summed E-state index contributed by atoms with van der Waals surface area (Å²) < 4.78 is 8.38.